The molecule has 0 spiro atoms. The largest absolute Gasteiger partial charge is 0.493 e. The van der Waals surface area contributed by atoms with Crippen molar-refractivity contribution in [2.75, 3.05) is 33.3 Å². The summed E-state index contributed by atoms with van der Waals surface area (Å²) < 4.78 is 35.2. The molecule has 2 aromatic carbocycles. The van der Waals surface area contributed by atoms with Crippen molar-refractivity contribution in [3.63, 3.8) is 0 Å². The van der Waals surface area contributed by atoms with Crippen molar-refractivity contribution in [2.24, 2.45) is 0 Å². The van der Waals surface area contributed by atoms with Crippen LogP contribution >= 0.6 is 0 Å². The lowest BCUT2D eigenvalue weighted by molar-refractivity contribution is -0.384. The van der Waals surface area contributed by atoms with Crippen LogP contribution in [0.5, 0.6) is 11.5 Å². The molecule has 0 bridgehead atoms. The Balaban J connectivity index is 1.66. The van der Waals surface area contributed by atoms with Crippen LogP contribution in [0.4, 0.5) is 14.5 Å². The summed E-state index contributed by atoms with van der Waals surface area (Å²) in [5.41, 5.74) is 0.858. The zero-order valence-corrected chi connectivity index (χ0v) is 16.3. The van der Waals surface area contributed by atoms with Gasteiger partial charge in [0.2, 0.25) is 0 Å². The maximum absolute atomic E-state index is 12.9. The summed E-state index contributed by atoms with van der Waals surface area (Å²) in [5.74, 6) is -0.635. The fourth-order valence-corrected chi connectivity index (χ4v) is 3.36. The summed E-state index contributed by atoms with van der Waals surface area (Å²) in [6, 6.07) is 10.8. The van der Waals surface area contributed by atoms with Gasteiger partial charge in [0.05, 0.1) is 17.6 Å². The minimum Gasteiger partial charge on any atom is -0.493 e. The monoisotopic (exact) mass is 421 g/mol. The van der Waals surface area contributed by atoms with Gasteiger partial charge in [-0.3, -0.25) is 19.8 Å². The van der Waals surface area contributed by atoms with Crippen LogP contribution in [0.2, 0.25) is 0 Å². The van der Waals surface area contributed by atoms with Crippen LogP contribution in [-0.2, 0) is 6.54 Å². The Labute approximate surface area is 171 Å². The molecule has 3 rings (SSSR count). The number of hydrogen-bond acceptors (Lipinski definition) is 6. The van der Waals surface area contributed by atoms with Crippen LogP contribution in [0.25, 0.3) is 0 Å². The van der Waals surface area contributed by atoms with E-state index in [0.29, 0.717) is 32.7 Å². The summed E-state index contributed by atoms with van der Waals surface area (Å²) in [6.07, 6.45) is 0. The van der Waals surface area contributed by atoms with E-state index in [1.54, 1.807) is 17.0 Å². The van der Waals surface area contributed by atoms with Gasteiger partial charge in [-0.25, -0.2) is 0 Å². The van der Waals surface area contributed by atoms with Crippen LogP contribution in [0.1, 0.15) is 15.9 Å². The normalized spacial score (nSPS) is 14.6. The molecule has 1 aliphatic heterocycles. The molecule has 10 heteroatoms. The number of para-hydroxylation sites is 1. The number of carbonyl (C=O) groups excluding carboxylic acids is 1. The molecule has 0 saturated carbocycles. The van der Waals surface area contributed by atoms with Crippen LogP contribution in [-0.4, -0.2) is 60.5 Å². The van der Waals surface area contributed by atoms with Gasteiger partial charge in [0.15, 0.2) is 11.5 Å². The van der Waals surface area contributed by atoms with Crippen LogP contribution in [0.15, 0.2) is 42.5 Å². The summed E-state index contributed by atoms with van der Waals surface area (Å²) >= 11 is 0. The van der Waals surface area contributed by atoms with Gasteiger partial charge >= 0.3 is 6.61 Å². The zero-order valence-electron chi connectivity index (χ0n) is 16.3. The number of nitrogens with zero attached hydrogens (tertiary/aromatic N) is 3. The van der Waals surface area contributed by atoms with Crippen molar-refractivity contribution >= 4 is 11.6 Å². The highest BCUT2D eigenvalue weighted by Gasteiger charge is 2.27. The van der Waals surface area contributed by atoms with E-state index in [1.807, 2.05) is 6.07 Å². The second-order valence-corrected chi connectivity index (χ2v) is 6.71. The number of halogens is 2. The Morgan fingerprint density at radius 2 is 1.87 bits per heavy atom. The number of carbonyl (C=O) groups is 1. The Hall–Kier alpha value is -3.27. The van der Waals surface area contributed by atoms with Gasteiger partial charge in [-0.05, 0) is 17.7 Å². The lowest BCUT2D eigenvalue weighted by Crippen LogP contribution is -2.48. The quantitative estimate of drug-likeness (QED) is 0.504. The van der Waals surface area contributed by atoms with E-state index in [2.05, 4.69) is 9.64 Å². The number of nitro groups is 1. The number of methoxy groups -OCH3 is 1. The first kappa shape index (κ1) is 21.4. The van der Waals surface area contributed by atoms with Crippen molar-refractivity contribution in [1.82, 2.24) is 9.80 Å². The summed E-state index contributed by atoms with van der Waals surface area (Å²) in [4.78, 5) is 27.0. The molecule has 1 amide bonds. The van der Waals surface area contributed by atoms with Gasteiger partial charge in [-0.2, -0.15) is 8.78 Å². The number of alkyl halides is 2. The third kappa shape index (κ3) is 5.01. The first-order chi connectivity index (χ1) is 14.4. The highest BCUT2D eigenvalue weighted by Crippen LogP contribution is 2.33. The number of hydrogen-bond donors (Lipinski definition) is 0. The molecule has 8 nitrogen and oxygen atoms in total. The lowest BCUT2D eigenvalue weighted by atomic mass is 10.1. The molecule has 1 saturated heterocycles. The minimum absolute atomic E-state index is 0.0155. The van der Waals surface area contributed by atoms with Gasteiger partial charge in [-0.15, -0.1) is 0 Å². The standard InChI is InChI=1S/C20H21F2N3O5/c1-29-17-7-3-6-16(18(17)30-20(21)22)19(26)24-10-8-23(9-11-24)13-14-4-2-5-15(12-14)25(27)28/h2-7,12,20H,8-11,13H2,1H3. The second-order valence-electron chi connectivity index (χ2n) is 6.71. The average Bonchev–Trinajstić information content (AvgIpc) is 2.74. The van der Waals surface area contributed by atoms with Crippen LogP contribution in [0, 0.1) is 10.1 Å². The lowest BCUT2D eigenvalue weighted by Gasteiger charge is -2.35. The van der Waals surface area contributed by atoms with Gasteiger partial charge in [0.1, 0.15) is 0 Å². The molecular weight excluding hydrogens is 400 g/mol. The first-order valence-corrected chi connectivity index (χ1v) is 9.26. The Bertz CT molecular complexity index is 917. The highest BCUT2D eigenvalue weighted by atomic mass is 19.3. The zero-order chi connectivity index (χ0) is 21.7. The number of piperazine rings is 1. The van der Waals surface area contributed by atoms with Crippen molar-refractivity contribution in [3.05, 3.63) is 63.7 Å². The van der Waals surface area contributed by atoms with E-state index in [0.717, 1.165) is 5.56 Å². The molecule has 0 atom stereocenters. The predicted molar refractivity (Wildman–Crippen MR) is 104 cm³/mol. The smallest absolute Gasteiger partial charge is 0.387 e. The Kier molecular flexibility index (Phi) is 6.78. The van der Waals surface area contributed by atoms with Crippen LogP contribution < -0.4 is 9.47 Å². The minimum atomic E-state index is -3.08. The molecule has 0 aliphatic carbocycles. The van der Waals surface area contributed by atoms with Gasteiger partial charge in [0, 0.05) is 44.9 Å². The molecule has 1 aliphatic rings. The molecule has 1 fully saturated rings. The number of amides is 1. The molecule has 160 valence electrons. The topological polar surface area (TPSA) is 85.2 Å². The van der Waals surface area contributed by atoms with E-state index in [4.69, 9.17) is 4.74 Å². The average molecular weight is 421 g/mol. The molecular formula is C20H21F2N3O5. The number of nitro benzene ring substituents is 1. The van der Waals surface area contributed by atoms with Gasteiger partial charge < -0.3 is 14.4 Å². The number of benzene rings is 2. The summed E-state index contributed by atoms with van der Waals surface area (Å²) in [6.45, 7) is -0.701. The van der Waals surface area contributed by atoms with Crippen molar-refractivity contribution < 1.29 is 28.0 Å². The Morgan fingerprint density at radius 3 is 2.50 bits per heavy atom. The molecule has 1 heterocycles. The SMILES string of the molecule is COc1cccc(C(=O)N2CCN(Cc3cccc([N+](=O)[O-])c3)CC2)c1OC(F)F. The predicted octanol–water partition coefficient (Wildman–Crippen LogP) is 3.16. The fraction of sp³-hybridized carbons (Fsp3) is 0.350. The van der Waals surface area contributed by atoms with E-state index < -0.39 is 17.4 Å². The van der Waals surface area contributed by atoms with Gasteiger partial charge in [0.25, 0.3) is 11.6 Å². The third-order valence-corrected chi connectivity index (χ3v) is 4.82. The van der Waals surface area contributed by atoms with E-state index in [-0.39, 0.29) is 22.7 Å². The molecule has 2 aromatic rings. The maximum atomic E-state index is 12.9. The molecule has 0 aromatic heterocycles. The number of non-ortho nitro benzene ring substituents is 1. The van der Waals surface area contributed by atoms with E-state index >= 15 is 0 Å². The van der Waals surface area contributed by atoms with Crippen LogP contribution in [0.3, 0.4) is 0 Å². The molecule has 0 unspecified atom stereocenters. The van der Waals surface area contributed by atoms with Crippen molar-refractivity contribution in [1.29, 1.82) is 0 Å². The Morgan fingerprint density at radius 1 is 1.17 bits per heavy atom. The highest BCUT2D eigenvalue weighted by molar-refractivity contribution is 5.98. The third-order valence-electron chi connectivity index (χ3n) is 4.82. The maximum Gasteiger partial charge on any atom is 0.387 e. The molecule has 30 heavy (non-hydrogen) atoms. The van der Waals surface area contributed by atoms with Crippen molar-refractivity contribution in [2.45, 2.75) is 13.2 Å². The van der Waals surface area contributed by atoms with E-state index in [9.17, 15) is 23.7 Å². The summed E-state index contributed by atoms with van der Waals surface area (Å²) in [7, 11) is 1.31. The number of ether oxygens (including phenoxy) is 2. The van der Waals surface area contributed by atoms with Gasteiger partial charge in [-0.1, -0.05) is 18.2 Å². The molecule has 0 N–H and O–H groups in total. The van der Waals surface area contributed by atoms with Crippen molar-refractivity contribution in [3.8, 4) is 11.5 Å². The first-order valence-electron chi connectivity index (χ1n) is 9.26. The fourth-order valence-electron chi connectivity index (χ4n) is 3.36. The second kappa shape index (κ2) is 9.49. The summed E-state index contributed by atoms with van der Waals surface area (Å²) in [5, 5.41) is 10.9. The van der Waals surface area contributed by atoms with E-state index in [1.165, 1.54) is 31.4 Å². The molecule has 0 radical (unpaired) electrons. The number of rotatable bonds is 7.